The van der Waals surface area contributed by atoms with Crippen LogP contribution in [0.5, 0.6) is 11.5 Å². The van der Waals surface area contributed by atoms with Gasteiger partial charge in [0.15, 0.2) is 0 Å². The van der Waals surface area contributed by atoms with E-state index in [9.17, 15) is 29.4 Å². The number of nitrogens with zero attached hydrogens (tertiary/aromatic N) is 1. The fourth-order valence-electron chi connectivity index (χ4n) is 7.80. The second-order valence-electron chi connectivity index (χ2n) is 15.6. The number of likely N-dealkylation sites (tertiary alicyclic amines) is 1. The molecule has 6 aromatic rings. The van der Waals surface area contributed by atoms with E-state index in [1.807, 2.05) is 78.9 Å². The number of aromatic amines is 1. The number of rotatable bonds is 17. The largest absolute Gasteiger partial charge is 0.506 e. The number of aliphatic hydroxyl groups excluding tert-OH is 1. The SMILES string of the molecule is COc1cc(NC(=O)Cc2cccc(CNC(=O)CCN3CCC(OC(=O)Nc4ccccc4-c4ccccc4)CC3)c2)c(Cl)cc1CNC[C@H](O)c1ccc(O)c2[nH]c(=O)ccc12. The quantitative estimate of drug-likeness (QED) is 0.0489. The number of aromatic nitrogens is 1. The lowest BCUT2D eigenvalue weighted by molar-refractivity contribution is -0.121. The lowest BCUT2D eigenvalue weighted by Gasteiger charge is -2.31. The van der Waals surface area contributed by atoms with Crippen LogP contribution in [0.15, 0.2) is 120 Å². The molecule has 7 N–H and O–H groups in total. The number of halogens is 1. The Labute approximate surface area is 375 Å². The van der Waals surface area contributed by atoms with E-state index in [0.29, 0.717) is 84.1 Å². The van der Waals surface area contributed by atoms with Gasteiger partial charge in [-0.05, 0) is 59.4 Å². The summed E-state index contributed by atoms with van der Waals surface area (Å²) in [5.41, 5.74) is 5.74. The first kappa shape index (κ1) is 45.3. The van der Waals surface area contributed by atoms with E-state index in [2.05, 4.69) is 31.2 Å². The van der Waals surface area contributed by atoms with Crippen molar-refractivity contribution in [2.75, 3.05) is 43.9 Å². The second kappa shape index (κ2) is 21.6. The van der Waals surface area contributed by atoms with Crippen molar-refractivity contribution in [2.45, 2.75) is 51.0 Å². The molecule has 1 atom stereocenters. The number of pyridine rings is 1. The number of amides is 3. The summed E-state index contributed by atoms with van der Waals surface area (Å²) in [6.07, 6.45) is 0.117. The number of phenols is 1. The van der Waals surface area contributed by atoms with Crippen molar-refractivity contribution < 1.29 is 34.1 Å². The highest BCUT2D eigenvalue weighted by molar-refractivity contribution is 6.33. The zero-order chi connectivity index (χ0) is 45.0. The number of hydrogen-bond donors (Lipinski definition) is 7. The molecule has 0 bridgehead atoms. The highest BCUT2D eigenvalue weighted by atomic mass is 35.5. The summed E-state index contributed by atoms with van der Waals surface area (Å²) in [5.74, 6) is 0.0197. The number of hydrogen-bond acceptors (Lipinski definition) is 10. The number of aliphatic hydroxyl groups is 1. The molecule has 1 aromatic heterocycles. The first-order chi connectivity index (χ1) is 31.0. The average Bonchev–Trinajstić information content (AvgIpc) is 3.29. The van der Waals surface area contributed by atoms with Gasteiger partial charge in [-0.25, -0.2) is 4.79 Å². The van der Waals surface area contributed by atoms with Crippen LogP contribution >= 0.6 is 11.6 Å². The van der Waals surface area contributed by atoms with Gasteiger partial charge in [-0.2, -0.15) is 0 Å². The molecular weight excluding hydrogens is 836 g/mol. The lowest BCUT2D eigenvalue weighted by atomic mass is 10.0. The van der Waals surface area contributed by atoms with Crippen LogP contribution in [0.1, 0.15) is 47.6 Å². The van der Waals surface area contributed by atoms with Gasteiger partial charge in [0.2, 0.25) is 17.4 Å². The predicted octanol–water partition coefficient (Wildman–Crippen LogP) is 7.29. The molecule has 1 fully saturated rings. The van der Waals surface area contributed by atoms with Crippen LogP contribution in [-0.4, -0.2) is 77.4 Å². The lowest BCUT2D eigenvalue weighted by Crippen LogP contribution is -2.40. The van der Waals surface area contributed by atoms with E-state index in [0.717, 1.165) is 22.3 Å². The molecule has 0 aliphatic carbocycles. The molecule has 0 spiro atoms. The Morgan fingerprint density at radius 1 is 0.844 bits per heavy atom. The summed E-state index contributed by atoms with van der Waals surface area (Å²) in [6.45, 7) is 2.77. The average molecular weight is 887 g/mol. The molecule has 0 unspecified atom stereocenters. The van der Waals surface area contributed by atoms with Crippen molar-refractivity contribution in [1.29, 1.82) is 0 Å². The summed E-state index contributed by atoms with van der Waals surface area (Å²) in [6, 6.07) is 34.2. The normalized spacial score (nSPS) is 13.5. The Hall–Kier alpha value is -6.71. The summed E-state index contributed by atoms with van der Waals surface area (Å²) >= 11 is 6.61. The third-order valence-electron chi connectivity index (χ3n) is 11.1. The van der Waals surface area contributed by atoms with E-state index in [-0.39, 0.29) is 54.3 Å². The Balaban J connectivity index is 0.817. The molecule has 332 valence electrons. The van der Waals surface area contributed by atoms with Crippen molar-refractivity contribution in [2.24, 2.45) is 0 Å². The van der Waals surface area contributed by atoms with Crippen molar-refractivity contribution in [3.05, 3.63) is 153 Å². The van der Waals surface area contributed by atoms with Gasteiger partial charge in [-0.3, -0.25) is 19.7 Å². The van der Waals surface area contributed by atoms with E-state index in [1.165, 1.54) is 19.2 Å². The summed E-state index contributed by atoms with van der Waals surface area (Å²) in [5, 5.41) is 33.9. The third kappa shape index (κ3) is 12.1. The number of piperidine rings is 1. The van der Waals surface area contributed by atoms with E-state index in [1.54, 1.807) is 24.3 Å². The monoisotopic (exact) mass is 886 g/mol. The maximum Gasteiger partial charge on any atom is 0.411 e. The van der Waals surface area contributed by atoms with Crippen molar-refractivity contribution in [3.63, 3.8) is 0 Å². The molecular formula is C49H51ClN6O8. The van der Waals surface area contributed by atoms with E-state index in [4.69, 9.17) is 21.1 Å². The van der Waals surface area contributed by atoms with Crippen LogP contribution in [0.4, 0.5) is 16.2 Å². The number of carbonyl (C=O) groups is 3. The summed E-state index contributed by atoms with van der Waals surface area (Å²) in [7, 11) is 1.51. The van der Waals surface area contributed by atoms with Gasteiger partial charge in [0.1, 0.15) is 17.6 Å². The van der Waals surface area contributed by atoms with Gasteiger partial charge in [0.05, 0.1) is 41.5 Å². The molecule has 1 aliphatic rings. The van der Waals surface area contributed by atoms with Crippen LogP contribution in [0.2, 0.25) is 5.02 Å². The molecule has 7 rings (SSSR count). The number of ether oxygens (including phenoxy) is 2. The minimum absolute atomic E-state index is 0.0732. The molecule has 14 nitrogen and oxygen atoms in total. The number of benzene rings is 5. The molecule has 64 heavy (non-hydrogen) atoms. The Bertz CT molecular complexity index is 2650. The number of anilines is 2. The number of carbonyl (C=O) groups excluding carboxylic acids is 3. The molecule has 5 aromatic carbocycles. The predicted molar refractivity (Wildman–Crippen MR) is 248 cm³/mol. The smallest absolute Gasteiger partial charge is 0.411 e. The van der Waals surface area contributed by atoms with E-state index >= 15 is 0 Å². The van der Waals surface area contributed by atoms with Gasteiger partial charge in [-0.1, -0.05) is 90.5 Å². The molecule has 1 saturated heterocycles. The standard InChI is InChI=1S/C49H51ClN6O8/c1-63-44-27-41(39(50)26-34(44)29-51-30-43(58)37-14-16-42(57)48-38(37)15-17-46(60)55-48)53-47(61)25-31-8-7-9-32(24-31)28-52-45(59)20-23-56-21-18-35(19-22-56)64-49(62)54-40-13-6-5-12-36(40)33-10-3-2-4-11-33/h2-17,24,26-27,35,43,51,57-58H,18-23,25,28-30H2,1H3,(H,52,59)(H,53,61)(H,54,62)(H,55,60)/t43-/m0/s1. The minimum Gasteiger partial charge on any atom is -0.506 e. The zero-order valence-electron chi connectivity index (χ0n) is 35.4. The molecule has 0 saturated carbocycles. The van der Waals surface area contributed by atoms with Gasteiger partial charge in [0, 0.05) is 74.3 Å². The molecule has 2 heterocycles. The van der Waals surface area contributed by atoms with Crippen molar-refractivity contribution in [1.82, 2.24) is 20.5 Å². The number of fused-ring (bicyclic) bond motifs is 1. The summed E-state index contributed by atoms with van der Waals surface area (Å²) in [4.78, 5) is 55.4. The number of para-hydroxylation sites is 1. The van der Waals surface area contributed by atoms with Crippen LogP contribution in [-0.2, 0) is 33.8 Å². The highest BCUT2D eigenvalue weighted by Gasteiger charge is 2.23. The van der Waals surface area contributed by atoms with Crippen LogP contribution < -0.4 is 31.6 Å². The highest BCUT2D eigenvalue weighted by Crippen LogP contribution is 2.33. The van der Waals surface area contributed by atoms with Crippen LogP contribution in [0, 0.1) is 0 Å². The molecule has 0 radical (unpaired) electrons. The van der Waals surface area contributed by atoms with Crippen molar-refractivity contribution in [3.8, 4) is 22.6 Å². The van der Waals surface area contributed by atoms with Gasteiger partial charge >= 0.3 is 6.09 Å². The Kier molecular flexibility index (Phi) is 15.3. The third-order valence-corrected chi connectivity index (χ3v) is 11.4. The topological polar surface area (TPSA) is 194 Å². The van der Waals surface area contributed by atoms with Crippen LogP contribution in [0.3, 0.4) is 0 Å². The number of H-pyrrole nitrogens is 1. The zero-order valence-corrected chi connectivity index (χ0v) is 36.1. The molecule has 15 heteroatoms. The van der Waals surface area contributed by atoms with Gasteiger partial charge in [-0.15, -0.1) is 0 Å². The number of methoxy groups -OCH3 is 1. The number of nitrogens with one attached hydrogen (secondary N) is 5. The Morgan fingerprint density at radius 3 is 2.41 bits per heavy atom. The summed E-state index contributed by atoms with van der Waals surface area (Å²) < 4.78 is 11.4. The fraction of sp³-hybridized carbons (Fsp3) is 0.265. The fourth-order valence-corrected chi connectivity index (χ4v) is 8.04. The maximum atomic E-state index is 13.2. The molecule has 1 aliphatic heterocycles. The maximum absolute atomic E-state index is 13.2. The van der Waals surface area contributed by atoms with Crippen LogP contribution in [0.25, 0.3) is 22.0 Å². The van der Waals surface area contributed by atoms with Gasteiger partial charge < -0.3 is 45.5 Å². The second-order valence-corrected chi connectivity index (χ2v) is 16.0. The number of aromatic hydroxyl groups is 1. The van der Waals surface area contributed by atoms with E-state index < -0.39 is 12.2 Å². The van der Waals surface area contributed by atoms with Gasteiger partial charge in [0.25, 0.3) is 0 Å². The first-order valence-electron chi connectivity index (χ1n) is 21.1. The Morgan fingerprint density at radius 2 is 1.61 bits per heavy atom. The van der Waals surface area contributed by atoms with Crippen molar-refractivity contribution >= 4 is 51.8 Å². The minimum atomic E-state index is -0.954. The number of phenolic OH excluding ortho intramolecular Hbond substituents is 1. The first-order valence-corrected chi connectivity index (χ1v) is 21.5. The molecule has 3 amide bonds.